The van der Waals surface area contributed by atoms with Gasteiger partial charge in [-0.3, -0.25) is 4.79 Å². The maximum Gasteiger partial charge on any atom is 0.221 e. The van der Waals surface area contributed by atoms with Crippen LogP contribution in [-0.2, 0) is 9.53 Å². The third-order valence-electron chi connectivity index (χ3n) is 2.31. The minimum absolute atomic E-state index is 0.00600. The lowest BCUT2D eigenvalue weighted by atomic mass is 10.0. The van der Waals surface area contributed by atoms with E-state index >= 15 is 0 Å². The van der Waals surface area contributed by atoms with Crippen LogP contribution in [0.4, 0.5) is 0 Å². The van der Waals surface area contributed by atoms with Crippen LogP contribution >= 0.6 is 0 Å². The average molecular weight is 228 g/mol. The van der Waals surface area contributed by atoms with Gasteiger partial charge in [0.25, 0.3) is 0 Å². The number of rotatable bonds is 9. The topological polar surface area (TPSA) is 64.3 Å². The van der Waals surface area contributed by atoms with Gasteiger partial charge in [0.1, 0.15) is 0 Å². The Labute approximate surface area is 98.2 Å². The van der Waals surface area contributed by atoms with Crippen molar-refractivity contribution in [2.24, 2.45) is 11.7 Å². The number of hydrogen-bond acceptors (Lipinski definition) is 3. The number of carbonyl (C=O) groups excluding carboxylic acids is 1. The van der Waals surface area contributed by atoms with Crippen LogP contribution < -0.4 is 11.1 Å². The Morgan fingerprint density at radius 2 is 2.19 bits per heavy atom. The van der Waals surface area contributed by atoms with Gasteiger partial charge in [-0.25, -0.2) is 0 Å². The van der Waals surface area contributed by atoms with Crippen LogP contribution in [0.15, 0.2) is 12.7 Å². The fraction of sp³-hybridized carbons (Fsp3) is 0.750. The van der Waals surface area contributed by atoms with Gasteiger partial charge in [0.05, 0.1) is 13.2 Å². The van der Waals surface area contributed by atoms with E-state index in [1.807, 2.05) is 13.8 Å². The van der Waals surface area contributed by atoms with Gasteiger partial charge >= 0.3 is 0 Å². The zero-order valence-corrected chi connectivity index (χ0v) is 10.4. The van der Waals surface area contributed by atoms with Crippen molar-refractivity contribution in [1.29, 1.82) is 0 Å². The molecular weight excluding hydrogens is 204 g/mol. The molecule has 1 amide bonds. The summed E-state index contributed by atoms with van der Waals surface area (Å²) in [4.78, 5) is 11.4. The highest BCUT2D eigenvalue weighted by molar-refractivity contribution is 5.76. The molecule has 0 spiro atoms. The van der Waals surface area contributed by atoms with E-state index in [1.54, 1.807) is 6.08 Å². The van der Waals surface area contributed by atoms with Crippen LogP contribution in [0.1, 0.15) is 26.7 Å². The van der Waals surface area contributed by atoms with Gasteiger partial charge in [0.15, 0.2) is 0 Å². The lowest BCUT2D eigenvalue weighted by Crippen LogP contribution is -2.36. The molecule has 0 heterocycles. The van der Waals surface area contributed by atoms with Gasteiger partial charge < -0.3 is 15.8 Å². The number of carbonyl (C=O) groups is 1. The predicted molar refractivity (Wildman–Crippen MR) is 66.1 cm³/mol. The second kappa shape index (κ2) is 9.36. The molecule has 16 heavy (non-hydrogen) atoms. The smallest absolute Gasteiger partial charge is 0.221 e. The molecule has 4 heteroatoms. The molecule has 94 valence electrons. The zero-order chi connectivity index (χ0) is 12.4. The fourth-order valence-corrected chi connectivity index (χ4v) is 1.05. The molecule has 1 atom stereocenters. The molecule has 0 saturated carbocycles. The summed E-state index contributed by atoms with van der Waals surface area (Å²) < 4.78 is 5.26. The molecule has 4 nitrogen and oxygen atoms in total. The molecule has 3 N–H and O–H groups in total. The maximum atomic E-state index is 11.4. The SMILES string of the molecule is C=CCCOCCNC(=O)CC(N)C(C)C. The summed E-state index contributed by atoms with van der Waals surface area (Å²) in [6.45, 7) is 9.35. The molecule has 0 bridgehead atoms. The Kier molecular flexibility index (Phi) is 8.85. The van der Waals surface area contributed by atoms with Gasteiger partial charge in [0, 0.05) is 19.0 Å². The van der Waals surface area contributed by atoms with Gasteiger partial charge in [-0.1, -0.05) is 19.9 Å². The molecule has 0 aliphatic heterocycles. The highest BCUT2D eigenvalue weighted by Crippen LogP contribution is 2.01. The first-order chi connectivity index (χ1) is 7.57. The highest BCUT2D eigenvalue weighted by atomic mass is 16.5. The molecular formula is C12H24N2O2. The normalized spacial score (nSPS) is 12.5. The van der Waals surface area contributed by atoms with E-state index < -0.39 is 0 Å². The largest absolute Gasteiger partial charge is 0.379 e. The van der Waals surface area contributed by atoms with Crippen molar-refractivity contribution in [1.82, 2.24) is 5.32 Å². The second-order valence-corrected chi connectivity index (χ2v) is 4.15. The van der Waals surface area contributed by atoms with Crippen molar-refractivity contribution in [3.05, 3.63) is 12.7 Å². The van der Waals surface area contributed by atoms with E-state index in [0.717, 1.165) is 6.42 Å². The van der Waals surface area contributed by atoms with E-state index in [2.05, 4.69) is 11.9 Å². The summed E-state index contributed by atoms with van der Waals surface area (Å²) in [6.07, 6.45) is 3.02. The number of hydrogen-bond donors (Lipinski definition) is 2. The van der Waals surface area contributed by atoms with Crippen molar-refractivity contribution in [2.45, 2.75) is 32.7 Å². The van der Waals surface area contributed by atoms with Crippen LogP contribution in [-0.4, -0.2) is 31.7 Å². The van der Waals surface area contributed by atoms with Crippen molar-refractivity contribution in [3.63, 3.8) is 0 Å². The monoisotopic (exact) mass is 228 g/mol. The highest BCUT2D eigenvalue weighted by Gasteiger charge is 2.11. The van der Waals surface area contributed by atoms with Crippen molar-refractivity contribution >= 4 is 5.91 Å². The Balaban J connectivity index is 3.40. The zero-order valence-electron chi connectivity index (χ0n) is 10.4. The first-order valence-electron chi connectivity index (χ1n) is 5.78. The van der Waals surface area contributed by atoms with Gasteiger partial charge in [0.2, 0.25) is 5.91 Å². The maximum absolute atomic E-state index is 11.4. The number of nitrogens with two attached hydrogens (primary N) is 1. The van der Waals surface area contributed by atoms with Crippen LogP contribution in [0.2, 0.25) is 0 Å². The van der Waals surface area contributed by atoms with Crippen LogP contribution in [0.25, 0.3) is 0 Å². The second-order valence-electron chi connectivity index (χ2n) is 4.15. The standard InChI is InChI=1S/C12H24N2O2/c1-4-5-7-16-8-6-14-12(15)9-11(13)10(2)3/h4,10-11H,1,5-9,13H2,2-3H3,(H,14,15). The number of amides is 1. The van der Waals surface area contributed by atoms with Gasteiger partial charge in [-0.15, -0.1) is 6.58 Å². The van der Waals surface area contributed by atoms with Gasteiger partial charge in [-0.05, 0) is 12.3 Å². The van der Waals surface area contributed by atoms with E-state index in [0.29, 0.717) is 32.1 Å². The van der Waals surface area contributed by atoms with Crippen LogP contribution in [0.5, 0.6) is 0 Å². The predicted octanol–water partition coefficient (Wildman–Crippen LogP) is 1.07. The van der Waals surface area contributed by atoms with Crippen molar-refractivity contribution in [2.75, 3.05) is 19.8 Å². The summed E-state index contributed by atoms with van der Waals surface area (Å²) in [7, 11) is 0. The third kappa shape index (κ3) is 8.44. The minimum Gasteiger partial charge on any atom is -0.379 e. The molecule has 0 fully saturated rings. The molecule has 0 aliphatic rings. The Morgan fingerprint density at radius 1 is 1.50 bits per heavy atom. The lowest BCUT2D eigenvalue weighted by Gasteiger charge is -2.14. The first-order valence-corrected chi connectivity index (χ1v) is 5.78. The quantitative estimate of drug-likeness (QED) is 0.458. The molecule has 1 unspecified atom stereocenters. The molecule has 0 aromatic rings. The van der Waals surface area contributed by atoms with Crippen LogP contribution in [0, 0.1) is 5.92 Å². The summed E-state index contributed by atoms with van der Waals surface area (Å²) >= 11 is 0. The van der Waals surface area contributed by atoms with Crippen LogP contribution in [0.3, 0.4) is 0 Å². The molecule has 0 aromatic heterocycles. The van der Waals surface area contributed by atoms with Crippen molar-refractivity contribution < 1.29 is 9.53 Å². The number of nitrogens with one attached hydrogen (secondary N) is 1. The number of ether oxygens (including phenoxy) is 1. The molecule has 0 radical (unpaired) electrons. The molecule has 0 saturated heterocycles. The average Bonchev–Trinajstić information content (AvgIpc) is 2.23. The van der Waals surface area contributed by atoms with Crippen molar-refractivity contribution in [3.8, 4) is 0 Å². The summed E-state index contributed by atoms with van der Waals surface area (Å²) in [5, 5.41) is 2.78. The summed E-state index contributed by atoms with van der Waals surface area (Å²) in [5.41, 5.74) is 5.78. The Hall–Kier alpha value is -0.870. The Bertz CT molecular complexity index is 205. The van der Waals surface area contributed by atoms with E-state index in [-0.39, 0.29) is 11.9 Å². The molecule has 0 aliphatic carbocycles. The Morgan fingerprint density at radius 3 is 2.75 bits per heavy atom. The lowest BCUT2D eigenvalue weighted by molar-refractivity contribution is -0.121. The molecule has 0 rings (SSSR count). The van der Waals surface area contributed by atoms with E-state index in [4.69, 9.17) is 10.5 Å². The third-order valence-corrected chi connectivity index (χ3v) is 2.31. The van der Waals surface area contributed by atoms with E-state index in [1.165, 1.54) is 0 Å². The minimum atomic E-state index is -0.0679. The van der Waals surface area contributed by atoms with E-state index in [9.17, 15) is 4.79 Å². The first kappa shape index (κ1) is 15.1. The van der Waals surface area contributed by atoms with Gasteiger partial charge in [-0.2, -0.15) is 0 Å². The summed E-state index contributed by atoms with van der Waals surface area (Å²) in [5.74, 6) is 0.322. The summed E-state index contributed by atoms with van der Waals surface area (Å²) in [6, 6.07) is -0.0679. The molecule has 0 aromatic carbocycles. The fourth-order valence-electron chi connectivity index (χ4n) is 1.05.